The van der Waals surface area contributed by atoms with Crippen LogP contribution in [0.2, 0.25) is 0 Å². The molecule has 0 radical (unpaired) electrons. The molecule has 0 amide bonds. The van der Waals surface area contributed by atoms with Crippen LogP contribution in [0.25, 0.3) is 0 Å². The van der Waals surface area contributed by atoms with Gasteiger partial charge in [0.1, 0.15) is 12.2 Å². The summed E-state index contributed by atoms with van der Waals surface area (Å²) in [4.78, 5) is 11.0. The SMILES string of the molecule is C=C[C@H](C)C1(OC)C[C@@H]2OC(=O)C[C@@H]2O1. The summed E-state index contributed by atoms with van der Waals surface area (Å²) in [6.07, 6.45) is 2.42. The molecule has 0 aliphatic carbocycles. The van der Waals surface area contributed by atoms with E-state index in [4.69, 9.17) is 14.2 Å². The predicted octanol–water partition coefficient (Wildman–Crippen LogP) is 1.26. The summed E-state index contributed by atoms with van der Waals surface area (Å²) < 4.78 is 16.4. The molecule has 4 heteroatoms. The molecule has 0 aromatic rings. The monoisotopic (exact) mass is 212 g/mol. The van der Waals surface area contributed by atoms with Crippen LogP contribution in [0.4, 0.5) is 0 Å². The number of fused-ring (bicyclic) bond motifs is 1. The van der Waals surface area contributed by atoms with Crippen molar-refractivity contribution in [3.8, 4) is 0 Å². The van der Waals surface area contributed by atoms with E-state index in [1.165, 1.54) is 0 Å². The Bertz CT molecular complexity index is 270. The normalized spacial score (nSPS) is 41.1. The molecule has 0 aromatic carbocycles. The van der Waals surface area contributed by atoms with Crippen molar-refractivity contribution in [2.45, 2.75) is 37.8 Å². The second-order valence-corrected chi connectivity index (χ2v) is 4.13. The van der Waals surface area contributed by atoms with E-state index in [9.17, 15) is 4.79 Å². The number of rotatable bonds is 3. The van der Waals surface area contributed by atoms with Crippen molar-refractivity contribution >= 4 is 5.97 Å². The van der Waals surface area contributed by atoms with Crippen molar-refractivity contribution in [3.63, 3.8) is 0 Å². The zero-order chi connectivity index (χ0) is 11.1. The first-order valence-corrected chi connectivity index (χ1v) is 5.16. The molecule has 15 heavy (non-hydrogen) atoms. The van der Waals surface area contributed by atoms with Gasteiger partial charge in [0, 0.05) is 19.4 Å². The highest BCUT2D eigenvalue weighted by molar-refractivity contribution is 5.72. The lowest BCUT2D eigenvalue weighted by Crippen LogP contribution is -2.38. The molecule has 0 spiro atoms. The highest BCUT2D eigenvalue weighted by atomic mass is 16.7. The fourth-order valence-electron chi connectivity index (χ4n) is 2.25. The lowest BCUT2D eigenvalue weighted by atomic mass is 9.96. The number of carbonyl (C=O) groups is 1. The van der Waals surface area contributed by atoms with Crippen LogP contribution < -0.4 is 0 Å². The second kappa shape index (κ2) is 3.61. The molecule has 0 N–H and O–H groups in total. The van der Waals surface area contributed by atoms with Crippen molar-refractivity contribution < 1.29 is 19.0 Å². The quantitative estimate of drug-likeness (QED) is 0.522. The molecule has 2 saturated heterocycles. The molecule has 2 aliphatic heterocycles. The number of hydrogen-bond donors (Lipinski definition) is 0. The maximum Gasteiger partial charge on any atom is 0.308 e. The van der Waals surface area contributed by atoms with E-state index >= 15 is 0 Å². The van der Waals surface area contributed by atoms with Crippen LogP contribution in [0.15, 0.2) is 12.7 Å². The summed E-state index contributed by atoms with van der Waals surface area (Å²) in [6.45, 7) is 5.72. The molecule has 0 aromatic heterocycles. The van der Waals surface area contributed by atoms with Crippen molar-refractivity contribution in [2.75, 3.05) is 7.11 Å². The predicted molar refractivity (Wildman–Crippen MR) is 53.1 cm³/mol. The zero-order valence-electron chi connectivity index (χ0n) is 9.06. The maximum absolute atomic E-state index is 11.0. The lowest BCUT2D eigenvalue weighted by Gasteiger charge is -2.32. The third-order valence-corrected chi connectivity index (χ3v) is 3.29. The topological polar surface area (TPSA) is 44.8 Å². The molecule has 2 fully saturated rings. The first kappa shape index (κ1) is 10.6. The molecule has 4 nitrogen and oxygen atoms in total. The smallest absolute Gasteiger partial charge is 0.308 e. The minimum Gasteiger partial charge on any atom is -0.459 e. The molecule has 0 saturated carbocycles. The number of esters is 1. The van der Waals surface area contributed by atoms with Crippen LogP contribution >= 0.6 is 0 Å². The standard InChI is InChI=1S/C11H16O4/c1-4-7(2)11(13-3)6-9-8(15-11)5-10(12)14-9/h4,7-9H,1,5-6H2,2-3H3/t7-,8-,9-,11?/m0/s1. The first-order chi connectivity index (χ1) is 7.11. The van der Waals surface area contributed by atoms with Gasteiger partial charge >= 0.3 is 5.97 Å². The van der Waals surface area contributed by atoms with E-state index in [1.807, 2.05) is 6.92 Å². The molecule has 2 heterocycles. The summed E-state index contributed by atoms with van der Waals surface area (Å²) in [5.74, 6) is -0.773. The van der Waals surface area contributed by atoms with Gasteiger partial charge in [-0.05, 0) is 0 Å². The minimum atomic E-state index is -0.669. The van der Waals surface area contributed by atoms with Gasteiger partial charge in [-0.3, -0.25) is 4.79 Å². The fourth-order valence-corrected chi connectivity index (χ4v) is 2.25. The van der Waals surface area contributed by atoms with E-state index in [0.717, 1.165) is 0 Å². The fraction of sp³-hybridized carbons (Fsp3) is 0.727. The van der Waals surface area contributed by atoms with Crippen molar-refractivity contribution in [1.82, 2.24) is 0 Å². The van der Waals surface area contributed by atoms with E-state index < -0.39 is 5.79 Å². The maximum atomic E-state index is 11.0. The molecule has 2 rings (SSSR count). The van der Waals surface area contributed by atoms with Gasteiger partial charge in [0.25, 0.3) is 0 Å². The molecular formula is C11H16O4. The number of ether oxygens (including phenoxy) is 3. The van der Waals surface area contributed by atoms with Gasteiger partial charge in [0.05, 0.1) is 6.42 Å². The van der Waals surface area contributed by atoms with Gasteiger partial charge in [-0.15, -0.1) is 6.58 Å². The molecule has 0 bridgehead atoms. The van der Waals surface area contributed by atoms with Crippen LogP contribution in [0, 0.1) is 5.92 Å². The average molecular weight is 212 g/mol. The number of hydrogen-bond acceptors (Lipinski definition) is 4. The van der Waals surface area contributed by atoms with Gasteiger partial charge < -0.3 is 14.2 Å². The van der Waals surface area contributed by atoms with E-state index in [2.05, 4.69) is 6.58 Å². The Morgan fingerprint density at radius 2 is 2.40 bits per heavy atom. The minimum absolute atomic E-state index is 0.0757. The Kier molecular flexibility index (Phi) is 2.56. The average Bonchev–Trinajstić information content (AvgIpc) is 2.71. The third kappa shape index (κ3) is 1.58. The van der Waals surface area contributed by atoms with Gasteiger partial charge in [0.15, 0.2) is 5.79 Å². The Morgan fingerprint density at radius 3 is 2.93 bits per heavy atom. The molecular weight excluding hydrogens is 196 g/mol. The second-order valence-electron chi connectivity index (χ2n) is 4.13. The van der Waals surface area contributed by atoms with Crippen LogP contribution in [-0.4, -0.2) is 31.1 Å². The Hall–Kier alpha value is -0.870. The largest absolute Gasteiger partial charge is 0.459 e. The molecule has 1 unspecified atom stereocenters. The van der Waals surface area contributed by atoms with Crippen LogP contribution in [0.5, 0.6) is 0 Å². The van der Waals surface area contributed by atoms with Gasteiger partial charge in [-0.2, -0.15) is 0 Å². The van der Waals surface area contributed by atoms with Crippen molar-refractivity contribution in [2.24, 2.45) is 5.92 Å². The number of methoxy groups -OCH3 is 1. The summed E-state index contributed by atoms with van der Waals surface area (Å²) in [5.41, 5.74) is 0. The highest BCUT2D eigenvalue weighted by Gasteiger charge is 2.54. The number of carbonyl (C=O) groups excluding carboxylic acids is 1. The van der Waals surface area contributed by atoms with Crippen LogP contribution in [0.3, 0.4) is 0 Å². The first-order valence-electron chi connectivity index (χ1n) is 5.16. The van der Waals surface area contributed by atoms with Crippen LogP contribution in [-0.2, 0) is 19.0 Å². The summed E-state index contributed by atoms with van der Waals surface area (Å²) in [5, 5.41) is 0. The van der Waals surface area contributed by atoms with Gasteiger partial charge in [0.2, 0.25) is 0 Å². The molecule has 2 aliphatic rings. The Labute approximate surface area is 89.2 Å². The molecule has 84 valence electrons. The van der Waals surface area contributed by atoms with Crippen molar-refractivity contribution in [1.29, 1.82) is 0 Å². The summed E-state index contributed by atoms with van der Waals surface area (Å²) in [7, 11) is 1.61. The van der Waals surface area contributed by atoms with Gasteiger partial charge in [-0.25, -0.2) is 0 Å². The Morgan fingerprint density at radius 1 is 1.67 bits per heavy atom. The van der Waals surface area contributed by atoms with Crippen molar-refractivity contribution in [3.05, 3.63) is 12.7 Å². The van der Waals surface area contributed by atoms with Gasteiger partial charge in [-0.1, -0.05) is 13.0 Å². The van der Waals surface area contributed by atoms with Crippen LogP contribution in [0.1, 0.15) is 19.8 Å². The van der Waals surface area contributed by atoms with E-state index in [0.29, 0.717) is 12.8 Å². The highest BCUT2D eigenvalue weighted by Crippen LogP contribution is 2.42. The van der Waals surface area contributed by atoms with E-state index in [-0.39, 0.29) is 24.1 Å². The summed E-state index contributed by atoms with van der Waals surface area (Å²) >= 11 is 0. The zero-order valence-corrected chi connectivity index (χ0v) is 9.06. The molecule has 4 atom stereocenters. The van der Waals surface area contributed by atoms with E-state index in [1.54, 1.807) is 13.2 Å². The Balaban J connectivity index is 2.13. The summed E-state index contributed by atoms with van der Waals surface area (Å²) in [6, 6.07) is 0. The lowest BCUT2D eigenvalue weighted by molar-refractivity contribution is -0.231. The third-order valence-electron chi connectivity index (χ3n) is 3.29.